The van der Waals surface area contributed by atoms with Crippen molar-refractivity contribution in [3.8, 4) is 0 Å². The van der Waals surface area contributed by atoms with Gasteiger partial charge in [-0.2, -0.15) is 0 Å². The van der Waals surface area contributed by atoms with E-state index in [1.54, 1.807) is 6.07 Å². The molecule has 1 heterocycles. The number of primary amides is 1. The Bertz CT molecular complexity index is 508. The summed E-state index contributed by atoms with van der Waals surface area (Å²) < 4.78 is 20.2. The Morgan fingerprint density at radius 1 is 1.60 bits per heavy atom. The molecule has 1 fully saturated rings. The second-order valence-corrected chi connectivity index (χ2v) is 5.73. The van der Waals surface area contributed by atoms with Crippen molar-refractivity contribution in [2.24, 2.45) is 5.73 Å². The summed E-state index contributed by atoms with van der Waals surface area (Å²) in [4.78, 5) is 13.5. The van der Waals surface area contributed by atoms with Crippen LogP contribution in [0.4, 0.5) is 10.1 Å². The fourth-order valence-electron chi connectivity index (χ4n) is 2.58. The third kappa shape index (κ3) is 3.30. The highest BCUT2D eigenvalue weighted by Gasteiger charge is 2.25. The van der Waals surface area contributed by atoms with E-state index >= 15 is 0 Å². The van der Waals surface area contributed by atoms with Crippen LogP contribution in [0.25, 0.3) is 0 Å². The van der Waals surface area contributed by atoms with Crippen LogP contribution in [0.1, 0.15) is 30.1 Å². The van der Waals surface area contributed by atoms with Crippen LogP contribution in [0.3, 0.4) is 0 Å². The fraction of sp³-hybridized carbons (Fsp3) is 0.500. The highest BCUT2D eigenvalue weighted by atomic mass is 79.9. The number of carbonyl (C=O) groups is 1. The summed E-state index contributed by atoms with van der Waals surface area (Å²) in [5, 5.41) is 0. The Kier molecular flexibility index (Phi) is 4.99. The van der Waals surface area contributed by atoms with Crippen LogP contribution < -0.4 is 10.6 Å². The van der Waals surface area contributed by atoms with E-state index in [0.29, 0.717) is 23.3 Å². The van der Waals surface area contributed by atoms with Gasteiger partial charge in [-0.3, -0.25) is 4.79 Å². The SMILES string of the molecule is CCO[C@H]1CCCN(c2cc(Br)cc(F)c2C(N)=O)C1. The molecule has 4 nitrogen and oxygen atoms in total. The molecule has 6 heteroatoms. The second kappa shape index (κ2) is 6.54. The lowest BCUT2D eigenvalue weighted by atomic mass is 10.0. The molecule has 2 N–H and O–H groups in total. The van der Waals surface area contributed by atoms with E-state index in [9.17, 15) is 9.18 Å². The molecule has 20 heavy (non-hydrogen) atoms. The highest BCUT2D eigenvalue weighted by molar-refractivity contribution is 9.10. The van der Waals surface area contributed by atoms with Crippen molar-refractivity contribution in [2.45, 2.75) is 25.9 Å². The minimum Gasteiger partial charge on any atom is -0.377 e. The van der Waals surface area contributed by atoms with E-state index < -0.39 is 11.7 Å². The molecule has 0 saturated carbocycles. The number of anilines is 1. The minimum atomic E-state index is -0.747. The van der Waals surface area contributed by atoms with Gasteiger partial charge in [-0.05, 0) is 31.9 Å². The average molecular weight is 345 g/mol. The lowest BCUT2D eigenvalue weighted by molar-refractivity contribution is 0.0526. The summed E-state index contributed by atoms with van der Waals surface area (Å²) in [7, 11) is 0. The van der Waals surface area contributed by atoms with Crippen molar-refractivity contribution < 1.29 is 13.9 Å². The van der Waals surface area contributed by atoms with Gasteiger partial charge in [-0.15, -0.1) is 0 Å². The molecule has 0 aliphatic carbocycles. The molecule has 1 aliphatic rings. The van der Waals surface area contributed by atoms with Crippen molar-refractivity contribution in [2.75, 3.05) is 24.6 Å². The number of nitrogens with two attached hydrogens (primary N) is 1. The number of ether oxygens (including phenoxy) is 1. The first-order chi connectivity index (χ1) is 9.52. The van der Waals surface area contributed by atoms with Crippen molar-refractivity contribution in [3.05, 3.63) is 28.0 Å². The predicted octanol–water partition coefficient (Wildman–Crippen LogP) is 2.69. The summed E-state index contributed by atoms with van der Waals surface area (Å²) in [5.74, 6) is -1.34. The maximum Gasteiger partial charge on any atom is 0.253 e. The number of nitrogens with zero attached hydrogens (tertiary/aromatic N) is 1. The lowest BCUT2D eigenvalue weighted by Gasteiger charge is -2.35. The Hall–Kier alpha value is -1.14. The number of benzene rings is 1. The molecule has 1 aliphatic heterocycles. The number of piperidine rings is 1. The summed E-state index contributed by atoms with van der Waals surface area (Å²) in [6, 6.07) is 2.99. The summed E-state index contributed by atoms with van der Waals surface area (Å²) in [5.41, 5.74) is 5.80. The topological polar surface area (TPSA) is 55.6 Å². The lowest BCUT2D eigenvalue weighted by Crippen LogP contribution is -2.40. The molecular weight excluding hydrogens is 327 g/mol. The van der Waals surface area contributed by atoms with E-state index in [1.807, 2.05) is 11.8 Å². The smallest absolute Gasteiger partial charge is 0.253 e. The Labute approximate surface area is 126 Å². The zero-order valence-electron chi connectivity index (χ0n) is 11.4. The third-order valence-electron chi connectivity index (χ3n) is 3.40. The van der Waals surface area contributed by atoms with E-state index in [4.69, 9.17) is 10.5 Å². The number of hydrogen-bond donors (Lipinski definition) is 1. The summed E-state index contributed by atoms with van der Waals surface area (Å²) in [6.45, 7) is 4.00. The van der Waals surface area contributed by atoms with Crippen molar-refractivity contribution in [1.82, 2.24) is 0 Å². The molecule has 2 rings (SSSR count). The first kappa shape index (κ1) is 15.3. The van der Waals surface area contributed by atoms with Gasteiger partial charge < -0.3 is 15.4 Å². The number of halogens is 2. The van der Waals surface area contributed by atoms with Crippen LogP contribution in [0, 0.1) is 5.82 Å². The predicted molar refractivity (Wildman–Crippen MR) is 79.5 cm³/mol. The normalized spacial score (nSPS) is 19.1. The number of carbonyl (C=O) groups excluding carboxylic acids is 1. The standard InChI is InChI=1S/C14H18BrFN2O2/c1-2-20-10-4-3-5-18(8-10)12-7-9(15)6-11(16)13(12)14(17)19/h6-7,10H,2-5,8H2,1H3,(H2,17,19)/t10-/m0/s1. The van der Waals surface area contributed by atoms with Gasteiger partial charge in [0.25, 0.3) is 5.91 Å². The molecule has 0 bridgehead atoms. The summed E-state index contributed by atoms with van der Waals surface area (Å²) in [6.07, 6.45) is 2.03. The average Bonchev–Trinajstić information content (AvgIpc) is 2.38. The molecule has 110 valence electrons. The van der Waals surface area contributed by atoms with Gasteiger partial charge in [0.15, 0.2) is 0 Å². The second-order valence-electron chi connectivity index (χ2n) is 4.81. The monoisotopic (exact) mass is 344 g/mol. The maximum atomic E-state index is 14.0. The van der Waals surface area contributed by atoms with E-state index in [2.05, 4.69) is 15.9 Å². The van der Waals surface area contributed by atoms with Crippen molar-refractivity contribution in [1.29, 1.82) is 0 Å². The quantitative estimate of drug-likeness (QED) is 0.913. The molecule has 0 spiro atoms. The van der Waals surface area contributed by atoms with E-state index in [-0.39, 0.29) is 11.7 Å². The van der Waals surface area contributed by atoms with Gasteiger partial charge in [0, 0.05) is 24.2 Å². The zero-order chi connectivity index (χ0) is 14.7. The molecule has 1 atom stereocenters. The highest BCUT2D eigenvalue weighted by Crippen LogP contribution is 2.30. The van der Waals surface area contributed by atoms with E-state index in [1.165, 1.54) is 6.07 Å². The number of amides is 1. The molecule has 0 unspecified atom stereocenters. The van der Waals surface area contributed by atoms with Crippen LogP contribution >= 0.6 is 15.9 Å². The molecule has 1 amide bonds. The van der Waals surface area contributed by atoms with Gasteiger partial charge in [0.2, 0.25) is 0 Å². The maximum absolute atomic E-state index is 14.0. The fourth-order valence-corrected chi connectivity index (χ4v) is 3.00. The van der Waals surface area contributed by atoms with E-state index in [0.717, 1.165) is 19.4 Å². The molecule has 1 aromatic rings. The third-order valence-corrected chi connectivity index (χ3v) is 3.86. The van der Waals surface area contributed by atoms with Crippen LogP contribution in [0.2, 0.25) is 0 Å². The number of hydrogen-bond acceptors (Lipinski definition) is 3. The first-order valence-electron chi connectivity index (χ1n) is 6.68. The van der Waals surface area contributed by atoms with Crippen molar-refractivity contribution in [3.63, 3.8) is 0 Å². The van der Waals surface area contributed by atoms with Crippen LogP contribution in [0.5, 0.6) is 0 Å². The largest absolute Gasteiger partial charge is 0.377 e. The molecule has 1 saturated heterocycles. The van der Waals surface area contributed by atoms with Gasteiger partial charge in [0.05, 0.1) is 17.4 Å². The minimum absolute atomic E-state index is 0.0506. The molecular formula is C14H18BrFN2O2. The van der Waals surface area contributed by atoms with Crippen LogP contribution in [-0.4, -0.2) is 31.7 Å². The zero-order valence-corrected chi connectivity index (χ0v) is 13.0. The molecule has 0 radical (unpaired) electrons. The van der Waals surface area contributed by atoms with Crippen LogP contribution in [-0.2, 0) is 4.74 Å². The summed E-state index contributed by atoms with van der Waals surface area (Å²) >= 11 is 3.26. The van der Waals surface area contributed by atoms with Gasteiger partial charge in [0.1, 0.15) is 5.82 Å². The molecule has 1 aromatic carbocycles. The van der Waals surface area contributed by atoms with Crippen LogP contribution in [0.15, 0.2) is 16.6 Å². The van der Waals surface area contributed by atoms with Gasteiger partial charge in [-0.1, -0.05) is 15.9 Å². The number of rotatable bonds is 4. The van der Waals surface area contributed by atoms with Gasteiger partial charge >= 0.3 is 0 Å². The van der Waals surface area contributed by atoms with Gasteiger partial charge in [-0.25, -0.2) is 4.39 Å². The first-order valence-corrected chi connectivity index (χ1v) is 7.47. The Morgan fingerprint density at radius 2 is 2.35 bits per heavy atom. The Balaban J connectivity index is 2.33. The molecule has 0 aromatic heterocycles. The van der Waals surface area contributed by atoms with Crippen molar-refractivity contribution >= 4 is 27.5 Å². The Morgan fingerprint density at radius 3 is 3.00 bits per heavy atom.